The molecule has 4 nitrogen and oxygen atoms in total. The Morgan fingerprint density at radius 1 is 0.262 bits per heavy atom. The van der Waals surface area contributed by atoms with Gasteiger partial charge in [-0.2, -0.15) is 0 Å². The van der Waals surface area contributed by atoms with E-state index in [0.717, 1.165) is 78.0 Å². The highest BCUT2D eigenvalue weighted by Gasteiger charge is 2.50. The van der Waals surface area contributed by atoms with Crippen LogP contribution in [0.25, 0.3) is 66.1 Å². The van der Waals surface area contributed by atoms with Crippen LogP contribution in [-0.4, -0.2) is 0 Å². The van der Waals surface area contributed by atoms with Gasteiger partial charge in [-0.05, 0) is 116 Å². The molecule has 13 aromatic carbocycles. The Balaban J connectivity index is 0.982. The zero-order valence-corrected chi connectivity index (χ0v) is 45.7. The van der Waals surface area contributed by atoms with E-state index >= 15 is 0 Å². The second-order valence-corrected chi connectivity index (χ2v) is 22.1. The molecule has 4 heteroatoms. The average molecular weight is 1070 g/mol. The molecular weight excluding hydrogens is 1020 g/mol. The molecule has 2 heterocycles. The number of benzene rings is 13. The fourth-order valence-electron chi connectivity index (χ4n) is 14.8. The average Bonchev–Trinajstić information content (AvgIpc) is 1.83. The first-order valence-electron chi connectivity index (χ1n) is 28.9. The molecule has 2 aliphatic carbocycles. The molecule has 0 atom stereocenters. The Labute approximate surface area is 487 Å². The van der Waals surface area contributed by atoms with E-state index in [2.05, 4.69) is 325 Å². The summed E-state index contributed by atoms with van der Waals surface area (Å²) in [6.07, 6.45) is 0. The van der Waals surface area contributed by atoms with Crippen LogP contribution in [0.5, 0.6) is 0 Å². The SMILES string of the molecule is c1ccc(C2(c3ccccc3)c3ccccc3-c3c(N(c4cccc(N(c5cccc6c5C(c5ccccc5)(c5ccccc5)c5ccccc5-6)c5cccc6oc7ccccc7c56)c4)c4cccc5c4oc4ccccc45)cccc32)cc1. The van der Waals surface area contributed by atoms with Gasteiger partial charge in [0.05, 0.1) is 39.0 Å². The van der Waals surface area contributed by atoms with Crippen LogP contribution in [0.4, 0.5) is 34.1 Å². The van der Waals surface area contributed by atoms with Gasteiger partial charge in [0.2, 0.25) is 0 Å². The summed E-state index contributed by atoms with van der Waals surface area (Å²) in [5, 5.41) is 4.22. The molecule has 0 saturated carbocycles. The molecule has 0 unspecified atom stereocenters. The van der Waals surface area contributed by atoms with Crippen LogP contribution in [0.1, 0.15) is 44.5 Å². The van der Waals surface area contributed by atoms with Crippen molar-refractivity contribution in [1.29, 1.82) is 0 Å². The van der Waals surface area contributed by atoms with Gasteiger partial charge in [-0.3, -0.25) is 0 Å². The summed E-state index contributed by atoms with van der Waals surface area (Å²) >= 11 is 0. The maximum Gasteiger partial charge on any atom is 0.159 e. The summed E-state index contributed by atoms with van der Waals surface area (Å²) < 4.78 is 13.9. The molecule has 0 spiro atoms. The normalized spacial score (nSPS) is 13.4. The minimum absolute atomic E-state index is 0.624. The number of para-hydroxylation sites is 3. The van der Waals surface area contributed by atoms with Crippen LogP contribution in [-0.2, 0) is 10.8 Å². The third kappa shape index (κ3) is 6.77. The van der Waals surface area contributed by atoms with Crippen molar-refractivity contribution in [2.24, 2.45) is 0 Å². The van der Waals surface area contributed by atoms with Crippen LogP contribution < -0.4 is 9.80 Å². The number of rotatable bonds is 10. The standard InChI is InChI=1S/C80H52N2O2/c1-5-26-53(27-6-1)79(54-28-7-2-8-29-54)66-43-18-14-38-63(66)75-67(79)44-24-45-68(75)82(71-48-23-41-62-60-37-15-19-49-72(60)84-78(62)71)58-35-21-34-57(52-58)81(69-46-25-51-74-76(69)64-39-16-20-50-73(64)83-74)70-47-22-40-61-59-36-13-17-42-65(59)80(77(61)70,55-30-9-3-10-31-55)56-32-11-4-12-33-56/h1-52H. The Bertz CT molecular complexity index is 4960. The van der Waals surface area contributed by atoms with Gasteiger partial charge in [0.25, 0.3) is 0 Å². The van der Waals surface area contributed by atoms with Gasteiger partial charge in [0.1, 0.15) is 16.7 Å². The highest BCUT2D eigenvalue weighted by atomic mass is 16.3. The lowest BCUT2D eigenvalue weighted by Gasteiger charge is -2.38. The van der Waals surface area contributed by atoms with Gasteiger partial charge in [-0.25, -0.2) is 0 Å². The van der Waals surface area contributed by atoms with Crippen LogP contribution in [0, 0.1) is 0 Å². The molecule has 84 heavy (non-hydrogen) atoms. The quantitative estimate of drug-likeness (QED) is 0.137. The fraction of sp³-hybridized carbons (Fsp3) is 0.0250. The zero-order chi connectivity index (χ0) is 55.3. The first-order chi connectivity index (χ1) is 41.7. The van der Waals surface area contributed by atoms with E-state index in [4.69, 9.17) is 8.83 Å². The van der Waals surface area contributed by atoms with Crippen molar-refractivity contribution >= 4 is 78.0 Å². The van der Waals surface area contributed by atoms with E-state index in [0.29, 0.717) is 0 Å². The molecular formula is C80H52N2O2. The lowest BCUT2D eigenvalue weighted by molar-refractivity contribution is 0.668. The summed E-state index contributed by atoms with van der Waals surface area (Å²) in [5.74, 6) is 0. The minimum atomic E-state index is -0.710. The minimum Gasteiger partial charge on any atom is -0.456 e. The Hall–Kier alpha value is -10.9. The third-order valence-electron chi connectivity index (χ3n) is 18.0. The number of anilines is 6. The topological polar surface area (TPSA) is 32.8 Å². The molecule has 2 aromatic heterocycles. The number of hydrogen-bond acceptors (Lipinski definition) is 4. The first-order valence-corrected chi connectivity index (χ1v) is 28.9. The van der Waals surface area contributed by atoms with E-state index in [-0.39, 0.29) is 0 Å². The Morgan fingerprint density at radius 2 is 0.690 bits per heavy atom. The second kappa shape index (κ2) is 18.8. The molecule has 0 bridgehead atoms. The molecule has 15 aromatic rings. The van der Waals surface area contributed by atoms with E-state index in [9.17, 15) is 0 Å². The van der Waals surface area contributed by atoms with Crippen molar-refractivity contribution in [3.05, 3.63) is 360 Å². The van der Waals surface area contributed by atoms with Crippen molar-refractivity contribution in [1.82, 2.24) is 0 Å². The van der Waals surface area contributed by atoms with Crippen molar-refractivity contribution in [2.75, 3.05) is 9.80 Å². The van der Waals surface area contributed by atoms with Crippen molar-refractivity contribution in [3.8, 4) is 22.3 Å². The molecule has 2 aliphatic rings. The van der Waals surface area contributed by atoms with Gasteiger partial charge in [-0.1, -0.05) is 255 Å². The maximum absolute atomic E-state index is 7.10. The smallest absolute Gasteiger partial charge is 0.159 e. The lowest BCUT2D eigenvalue weighted by atomic mass is 9.67. The third-order valence-corrected chi connectivity index (χ3v) is 18.0. The number of nitrogens with zero attached hydrogens (tertiary/aromatic N) is 2. The summed E-state index contributed by atoms with van der Waals surface area (Å²) in [6.45, 7) is 0. The van der Waals surface area contributed by atoms with E-state index in [1.807, 2.05) is 0 Å². The van der Waals surface area contributed by atoms with Crippen LogP contribution in [0.15, 0.2) is 324 Å². The molecule has 0 N–H and O–H groups in total. The summed E-state index contributed by atoms with van der Waals surface area (Å²) in [4.78, 5) is 4.98. The summed E-state index contributed by atoms with van der Waals surface area (Å²) in [7, 11) is 0. The van der Waals surface area contributed by atoms with E-state index < -0.39 is 10.8 Å². The predicted octanol–water partition coefficient (Wildman–Crippen LogP) is 21.2. The predicted molar refractivity (Wildman–Crippen MR) is 345 cm³/mol. The first kappa shape index (κ1) is 47.8. The number of fused-ring (bicyclic) bond motifs is 12. The van der Waals surface area contributed by atoms with Gasteiger partial charge in [-0.15, -0.1) is 0 Å². The fourth-order valence-corrected chi connectivity index (χ4v) is 14.8. The van der Waals surface area contributed by atoms with Gasteiger partial charge >= 0.3 is 0 Å². The molecule has 0 saturated heterocycles. The van der Waals surface area contributed by atoms with Crippen molar-refractivity contribution in [2.45, 2.75) is 10.8 Å². The molecule has 0 aliphatic heterocycles. The van der Waals surface area contributed by atoms with E-state index in [1.165, 1.54) is 66.8 Å². The lowest BCUT2D eigenvalue weighted by Crippen LogP contribution is -2.30. The molecule has 0 fully saturated rings. The Kier molecular flexibility index (Phi) is 10.7. The maximum atomic E-state index is 7.10. The van der Waals surface area contributed by atoms with Gasteiger partial charge in [0.15, 0.2) is 5.58 Å². The summed E-state index contributed by atoms with van der Waals surface area (Å²) in [6, 6.07) is 115. The largest absolute Gasteiger partial charge is 0.456 e. The van der Waals surface area contributed by atoms with Crippen molar-refractivity contribution in [3.63, 3.8) is 0 Å². The van der Waals surface area contributed by atoms with Crippen molar-refractivity contribution < 1.29 is 8.83 Å². The number of furan rings is 2. The molecule has 0 radical (unpaired) electrons. The summed E-state index contributed by atoms with van der Waals surface area (Å²) in [5.41, 5.74) is 22.4. The zero-order valence-electron chi connectivity index (χ0n) is 45.7. The van der Waals surface area contributed by atoms with E-state index in [1.54, 1.807) is 0 Å². The Morgan fingerprint density at radius 3 is 1.37 bits per heavy atom. The van der Waals surface area contributed by atoms with Crippen LogP contribution in [0.3, 0.4) is 0 Å². The second-order valence-electron chi connectivity index (χ2n) is 22.1. The van der Waals surface area contributed by atoms with Gasteiger partial charge in [0, 0.05) is 38.7 Å². The monoisotopic (exact) mass is 1070 g/mol. The van der Waals surface area contributed by atoms with Crippen LogP contribution in [0.2, 0.25) is 0 Å². The highest BCUT2D eigenvalue weighted by Crippen LogP contribution is 2.63. The van der Waals surface area contributed by atoms with Crippen LogP contribution >= 0.6 is 0 Å². The highest BCUT2D eigenvalue weighted by molar-refractivity contribution is 6.15. The molecule has 0 amide bonds. The molecule has 17 rings (SSSR count). The molecule has 394 valence electrons. The number of hydrogen-bond donors (Lipinski definition) is 0. The van der Waals surface area contributed by atoms with Gasteiger partial charge < -0.3 is 18.6 Å².